The maximum Gasteiger partial charge on any atom is 0.325 e. The SMILES string of the molecule is Cc1cccc(NC(=O)NC(=O)COC(=O)CCNS(=O)(=O)c2ccc3ccccc3c2)c1C. The van der Waals surface area contributed by atoms with E-state index in [1.165, 1.54) is 6.07 Å². The lowest BCUT2D eigenvalue weighted by Gasteiger charge is -2.11. The van der Waals surface area contributed by atoms with Gasteiger partial charge in [0.15, 0.2) is 6.61 Å². The normalized spacial score (nSPS) is 11.1. The van der Waals surface area contributed by atoms with Gasteiger partial charge in [0, 0.05) is 12.2 Å². The second-order valence-electron chi connectivity index (χ2n) is 7.57. The van der Waals surface area contributed by atoms with Crippen molar-refractivity contribution < 1.29 is 27.5 Å². The molecule has 3 aromatic carbocycles. The minimum absolute atomic E-state index is 0.0776. The minimum atomic E-state index is -3.82. The van der Waals surface area contributed by atoms with Crippen LogP contribution in [-0.4, -0.2) is 39.5 Å². The molecule has 0 aliphatic carbocycles. The molecule has 0 aliphatic rings. The Morgan fingerprint density at radius 2 is 1.65 bits per heavy atom. The van der Waals surface area contributed by atoms with E-state index in [9.17, 15) is 22.8 Å². The average molecular weight is 484 g/mol. The van der Waals surface area contributed by atoms with Crippen LogP contribution in [0.15, 0.2) is 65.6 Å². The zero-order valence-electron chi connectivity index (χ0n) is 18.8. The van der Waals surface area contributed by atoms with Crippen LogP contribution in [0.4, 0.5) is 10.5 Å². The fraction of sp³-hybridized carbons (Fsp3) is 0.208. The Morgan fingerprint density at radius 1 is 0.912 bits per heavy atom. The van der Waals surface area contributed by atoms with Crippen molar-refractivity contribution >= 4 is 44.4 Å². The number of hydrogen-bond donors (Lipinski definition) is 3. The van der Waals surface area contributed by atoms with E-state index >= 15 is 0 Å². The Labute approximate surface area is 197 Å². The summed E-state index contributed by atoms with van der Waals surface area (Å²) in [4.78, 5) is 35.8. The van der Waals surface area contributed by atoms with Crippen molar-refractivity contribution in [2.24, 2.45) is 0 Å². The van der Waals surface area contributed by atoms with Crippen LogP contribution in [0.5, 0.6) is 0 Å². The summed E-state index contributed by atoms with van der Waals surface area (Å²) in [6.07, 6.45) is -0.283. The van der Waals surface area contributed by atoms with Crippen molar-refractivity contribution in [2.45, 2.75) is 25.2 Å². The smallest absolute Gasteiger partial charge is 0.325 e. The van der Waals surface area contributed by atoms with E-state index in [1.807, 2.05) is 38.1 Å². The molecular formula is C24H25N3O6S. The number of nitrogens with one attached hydrogen (secondary N) is 3. The number of benzene rings is 3. The Balaban J connectivity index is 1.41. The summed E-state index contributed by atoms with van der Waals surface area (Å²) < 4.78 is 32.1. The lowest BCUT2D eigenvalue weighted by molar-refractivity contribution is -0.148. The zero-order chi connectivity index (χ0) is 24.7. The summed E-state index contributed by atoms with van der Waals surface area (Å²) in [6, 6.07) is 16.7. The molecule has 0 aromatic heterocycles. The fourth-order valence-electron chi connectivity index (χ4n) is 3.13. The average Bonchev–Trinajstić information content (AvgIpc) is 2.80. The highest BCUT2D eigenvalue weighted by molar-refractivity contribution is 7.89. The van der Waals surface area contributed by atoms with Crippen molar-refractivity contribution in [3.8, 4) is 0 Å². The number of sulfonamides is 1. The molecule has 0 saturated heterocycles. The largest absolute Gasteiger partial charge is 0.456 e. The summed E-state index contributed by atoms with van der Waals surface area (Å²) in [5.74, 6) is -1.60. The van der Waals surface area contributed by atoms with Gasteiger partial charge in [0.1, 0.15) is 0 Å². The van der Waals surface area contributed by atoms with Gasteiger partial charge in [0.25, 0.3) is 5.91 Å². The second-order valence-corrected chi connectivity index (χ2v) is 9.33. The monoisotopic (exact) mass is 483 g/mol. The number of carbonyl (C=O) groups excluding carboxylic acids is 3. The molecule has 0 bridgehead atoms. The highest BCUT2D eigenvalue weighted by atomic mass is 32.2. The van der Waals surface area contributed by atoms with E-state index in [1.54, 1.807) is 30.3 Å². The Bertz CT molecular complexity index is 1340. The highest BCUT2D eigenvalue weighted by Gasteiger charge is 2.16. The molecule has 0 aliphatic heterocycles. The molecule has 3 N–H and O–H groups in total. The van der Waals surface area contributed by atoms with Crippen LogP contribution in [0.3, 0.4) is 0 Å². The Kier molecular flexibility index (Phi) is 7.98. The molecule has 0 spiro atoms. The Hall–Kier alpha value is -3.76. The first-order valence-corrected chi connectivity index (χ1v) is 11.9. The predicted molar refractivity (Wildman–Crippen MR) is 128 cm³/mol. The van der Waals surface area contributed by atoms with Crippen LogP contribution in [0.1, 0.15) is 17.5 Å². The number of anilines is 1. The molecule has 3 aromatic rings. The number of hydrogen-bond acceptors (Lipinski definition) is 6. The Morgan fingerprint density at radius 3 is 2.41 bits per heavy atom. The number of esters is 1. The number of fused-ring (bicyclic) bond motifs is 1. The first-order valence-electron chi connectivity index (χ1n) is 10.5. The van der Waals surface area contributed by atoms with Crippen LogP contribution in [0.2, 0.25) is 0 Å². The zero-order valence-corrected chi connectivity index (χ0v) is 19.6. The van der Waals surface area contributed by atoms with Crippen molar-refractivity contribution in [1.29, 1.82) is 0 Å². The molecule has 34 heavy (non-hydrogen) atoms. The molecule has 0 radical (unpaired) electrons. The van der Waals surface area contributed by atoms with Gasteiger partial charge in [-0.25, -0.2) is 17.9 Å². The third kappa shape index (κ3) is 6.63. The molecule has 10 heteroatoms. The summed E-state index contributed by atoms with van der Waals surface area (Å²) in [5.41, 5.74) is 2.40. The van der Waals surface area contributed by atoms with Gasteiger partial charge in [-0.05, 0) is 53.9 Å². The van der Waals surface area contributed by atoms with E-state index in [-0.39, 0.29) is 17.9 Å². The van der Waals surface area contributed by atoms with Gasteiger partial charge < -0.3 is 10.1 Å². The number of imide groups is 1. The van der Waals surface area contributed by atoms with Crippen LogP contribution >= 0.6 is 0 Å². The number of aryl methyl sites for hydroxylation is 1. The molecule has 3 rings (SSSR count). The number of amides is 3. The van der Waals surface area contributed by atoms with Crippen LogP contribution in [-0.2, 0) is 24.3 Å². The van der Waals surface area contributed by atoms with E-state index in [4.69, 9.17) is 4.74 Å². The van der Waals surface area contributed by atoms with Crippen molar-refractivity contribution in [2.75, 3.05) is 18.5 Å². The molecule has 0 saturated carbocycles. The molecule has 3 amide bonds. The third-order valence-corrected chi connectivity index (χ3v) is 6.58. The van der Waals surface area contributed by atoms with E-state index in [0.717, 1.165) is 21.9 Å². The van der Waals surface area contributed by atoms with Gasteiger partial charge in [0.05, 0.1) is 11.3 Å². The molecule has 0 atom stereocenters. The lowest BCUT2D eigenvalue weighted by atomic mass is 10.1. The summed E-state index contributed by atoms with van der Waals surface area (Å²) in [5, 5.41) is 6.31. The quantitative estimate of drug-likeness (QED) is 0.422. The van der Waals surface area contributed by atoms with Gasteiger partial charge in [0.2, 0.25) is 10.0 Å². The highest BCUT2D eigenvalue weighted by Crippen LogP contribution is 2.19. The van der Waals surface area contributed by atoms with E-state index < -0.39 is 34.5 Å². The van der Waals surface area contributed by atoms with Crippen LogP contribution < -0.4 is 15.4 Å². The van der Waals surface area contributed by atoms with Gasteiger partial charge in [-0.3, -0.25) is 14.9 Å². The number of carbonyl (C=O) groups is 3. The number of rotatable bonds is 8. The first-order chi connectivity index (χ1) is 16.2. The van der Waals surface area contributed by atoms with Crippen molar-refractivity contribution in [3.05, 3.63) is 71.8 Å². The van der Waals surface area contributed by atoms with Crippen molar-refractivity contribution in [1.82, 2.24) is 10.0 Å². The van der Waals surface area contributed by atoms with Gasteiger partial charge in [-0.15, -0.1) is 0 Å². The number of urea groups is 1. The third-order valence-electron chi connectivity index (χ3n) is 5.12. The molecule has 0 unspecified atom stereocenters. The van der Waals surface area contributed by atoms with Crippen LogP contribution in [0, 0.1) is 13.8 Å². The fourth-order valence-corrected chi connectivity index (χ4v) is 4.19. The van der Waals surface area contributed by atoms with Gasteiger partial charge >= 0.3 is 12.0 Å². The van der Waals surface area contributed by atoms with Crippen LogP contribution in [0.25, 0.3) is 10.8 Å². The standard InChI is InChI=1S/C24H25N3O6S/c1-16-6-5-9-21(17(16)2)26-24(30)27-22(28)15-33-23(29)12-13-25-34(31,32)20-11-10-18-7-3-4-8-19(18)14-20/h3-11,14,25H,12-13,15H2,1-2H3,(H2,26,27,28,30). The lowest BCUT2D eigenvalue weighted by Crippen LogP contribution is -2.37. The maximum absolute atomic E-state index is 12.5. The van der Waals surface area contributed by atoms with Gasteiger partial charge in [-0.2, -0.15) is 0 Å². The topological polar surface area (TPSA) is 131 Å². The second kappa shape index (κ2) is 10.9. The van der Waals surface area contributed by atoms with Crippen molar-refractivity contribution in [3.63, 3.8) is 0 Å². The molecular weight excluding hydrogens is 458 g/mol. The minimum Gasteiger partial charge on any atom is -0.456 e. The molecule has 178 valence electrons. The molecule has 0 fully saturated rings. The van der Waals surface area contributed by atoms with E-state index in [0.29, 0.717) is 5.69 Å². The van der Waals surface area contributed by atoms with Gasteiger partial charge in [-0.1, -0.05) is 42.5 Å². The number of ether oxygens (including phenoxy) is 1. The molecule has 0 heterocycles. The maximum atomic E-state index is 12.5. The molecule has 9 nitrogen and oxygen atoms in total. The summed E-state index contributed by atoms with van der Waals surface area (Å²) in [6.45, 7) is 2.85. The van der Waals surface area contributed by atoms with E-state index in [2.05, 4.69) is 15.4 Å². The first kappa shape index (κ1) is 24.9. The summed E-state index contributed by atoms with van der Waals surface area (Å²) >= 11 is 0. The predicted octanol–water partition coefficient (Wildman–Crippen LogP) is 3.02. The summed E-state index contributed by atoms with van der Waals surface area (Å²) in [7, 11) is -3.82.